The van der Waals surface area contributed by atoms with Gasteiger partial charge in [-0.3, -0.25) is 0 Å². The van der Waals surface area contributed by atoms with Gasteiger partial charge >= 0.3 is 18.9 Å². The van der Waals surface area contributed by atoms with Gasteiger partial charge in [-0.05, 0) is 24.1 Å². The molecule has 2 aliphatic heterocycles. The minimum Gasteiger partial charge on any atom is -0.571 e. The number of sulfonamides is 1. The molecule has 2 unspecified atom stereocenters. The van der Waals surface area contributed by atoms with Gasteiger partial charge in [0.1, 0.15) is 16.1 Å². The van der Waals surface area contributed by atoms with Crippen molar-refractivity contribution in [3.05, 3.63) is 68.9 Å². The molecule has 0 spiro atoms. The van der Waals surface area contributed by atoms with E-state index >= 15 is 0 Å². The Morgan fingerprint density at radius 3 is 2.59 bits per heavy atom. The van der Waals surface area contributed by atoms with Gasteiger partial charge in [0.25, 0.3) is 0 Å². The topological polar surface area (TPSA) is 73.0 Å². The summed E-state index contributed by atoms with van der Waals surface area (Å²) in [5.74, 6) is -0.326. The summed E-state index contributed by atoms with van der Waals surface area (Å²) in [4.78, 5) is 0.304. The van der Waals surface area contributed by atoms with Crippen LogP contribution in [0.2, 0.25) is 0 Å². The van der Waals surface area contributed by atoms with Gasteiger partial charge in [-0.1, -0.05) is 42.1 Å². The summed E-state index contributed by atoms with van der Waals surface area (Å²) < 4.78 is 28.9. The summed E-state index contributed by atoms with van der Waals surface area (Å²) in [5.41, 5.74) is 2.84. The van der Waals surface area contributed by atoms with Crippen molar-refractivity contribution in [2.75, 3.05) is 0 Å². The van der Waals surface area contributed by atoms with Crippen LogP contribution in [-0.4, -0.2) is 14.5 Å². The Kier molecular flexibility index (Phi) is 3.64. The van der Waals surface area contributed by atoms with E-state index in [1.54, 1.807) is 12.2 Å². The Labute approximate surface area is 141 Å². The summed E-state index contributed by atoms with van der Waals surface area (Å²) in [5, 5.41) is 8.50. The van der Waals surface area contributed by atoms with Crippen molar-refractivity contribution in [1.29, 1.82) is 0 Å². The zero-order valence-electron chi connectivity index (χ0n) is 12.3. The van der Waals surface area contributed by atoms with Crippen LogP contribution in [0.3, 0.4) is 0 Å². The average Bonchev–Trinajstić information content (AvgIpc) is 2.91. The first kappa shape index (κ1) is 15.3. The van der Waals surface area contributed by atoms with E-state index in [0.29, 0.717) is 16.3 Å². The molecular formula is C15H12LiN3O2S. The van der Waals surface area contributed by atoms with Gasteiger partial charge in [-0.2, -0.15) is 10.2 Å². The first-order valence-corrected chi connectivity index (χ1v) is 8.09. The summed E-state index contributed by atoms with van der Waals surface area (Å²) in [6, 6.07) is 9.04. The molecule has 0 N–H and O–H groups in total. The fourth-order valence-electron chi connectivity index (χ4n) is 2.92. The van der Waals surface area contributed by atoms with Crippen molar-refractivity contribution in [3.8, 4) is 0 Å². The molecule has 1 aromatic rings. The summed E-state index contributed by atoms with van der Waals surface area (Å²) >= 11 is 0. The Morgan fingerprint density at radius 1 is 1.14 bits per heavy atom. The van der Waals surface area contributed by atoms with E-state index in [0.717, 1.165) is 11.1 Å². The Hall–Kier alpha value is -1.61. The third kappa shape index (κ3) is 2.11. The molecule has 3 aliphatic rings. The van der Waals surface area contributed by atoms with Crippen LogP contribution < -0.4 is 18.9 Å². The monoisotopic (exact) mass is 305 g/mol. The maximum atomic E-state index is 12.4. The molecule has 0 amide bonds. The number of nitrogens with zero attached hydrogens (tertiary/aromatic N) is 3. The van der Waals surface area contributed by atoms with Gasteiger partial charge in [0, 0.05) is 4.91 Å². The van der Waals surface area contributed by atoms with Crippen LogP contribution >= 0.6 is 0 Å². The molecule has 0 aromatic heterocycles. The maximum Gasteiger partial charge on any atom is 1.00 e. The van der Waals surface area contributed by atoms with E-state index in [4.69, 9.17) is 0 Å². The predicted octanol–water partition coefficient (Wildman–Crippen LogP) is 0.371. The fourth-order valence-corrected chi connectivity index (χ4v) is 4.27. The standard InChI is InChI=1S/C15H12N3O2S.Li/c1-9-7-8-11-12-13(9)16-17-15(12)14(18-21(11,19)20)10-5-3-2-4-6-10;/h2-8,12-13H,1H3;/q-1;+1. The van der Waals surface area contributed by atoms with Crippen LogP contribution in [-0.2, 0) is 10.0 Å². The van der Waals surface area contributed by atoms with Gasteiger partial charge in [0.15, 0.2) is 0 Å². The number of hydrogen-bond acceptors (Lipinski definition) is 4. The first-order valence-electron chi connectivity index (χ1n) is 6.65. The van der Waals surface area contributed by atoms with Crippen LogP contribution in [0.15, 0.2) is 68.9 Å². The Morgan fingerprint density at radius 2 is 1.86 bits per heavy atom. The summed E-state index contributed by atoms with van der Waals surface area (Å²) in [6.07, 6.45) is 3.42. The van der Waals surface area contributed by atoms with Crippen LogP contribution in [0, 0.1) is 5.92 Å². The van der Waals surface area contributed by atoms with Gasteiger partial charge < -0.3 is 4.72 Å². The number of allylic oxidation sites excluding steroid dienone is 2. The Bertz CT molecular complexity index is 854. The fraction of sp³-hybridized carbons (Fsp3) is 0.200. The third-order valence-electron chi connectivity index (χ3n) is 3.98. The second kappa shape index (κ2) is 5.23. The summed E-state index contributed by atoms with van der Waals surface area (Å²) in [7, 11) is -3.67. The number of hydrogen-bond donors (Lipinski definition) is 0. The minimum absolute atomic E-state index is 0. The maximum absolute atomic E-state index is 12.4. The Balaban J connectivity index is 0.00000144. The molecule has 1 aromatic carbocycles. The normalized spacial score (nSPS) is 27.3. The molecule has 2 heterocycles. The molecule has 22 heavy (non-hydrogen) atoms. The van der Waals surface area contributed by atoms with Gasteiger partial charge in [0.2, 0.25) is 0 Å². The zero-order valence-corrected chi connectivity index (χ0v) is 13.1. The van der Waals surface area contributed by atoms with E-state index < -0.39 is 10.0 Å². The molecule has 0 bridgehead atoms. The van der Waals surface area contributed by atoms with Gasteiger partial charge in [-0.25, -0.2) is 8.42 Å². The molecule has 2 atom stereocenters. The quantitative estimate of drug-likeness (QED) is 0.703. The third-order valence-corrected chi connectivity index (χ3v) is 5.39. The number of benzene rings is 1. The smallest absolute Gasteiger partial charge is 0.571 e. The largest absolute Gasteiger partial charge is 1.00 e. The SMILES string of the molecule is CC1=CC=C2C3C(=C(c4ccccc4)[N-]S2(=O)=O)N=NC13.[Li+]. The van der Waals surface area contributed by atoms with Crippen molar-refractivity contribution in [2.45, 2.75) is 13.0 Å². The van der Waals surface area contributed by atoms with Crippen molar-refractivity contribution in [3.63, 3.8) is 0 Å². The van der Waals surface area contributed by atoms with Crippen LogP contribution in [0.25, 0.3) is 10.4 Å². The van der Waals surface area contributed by atoms with Crippen molar-refractivity contribution < 1.29 is 27.3 Å². The molecule has 4 rings (SSSR count). The van der Waals surface area contributed by atoms with Crippen LogP contribution in [0.5, 0.6) is 0 Å². The second-order valence-electron chi connectivity index (χ2n) is 5.28. The van der Waals surface area contributed by atoms with E-state index in [-0.39, 0.29) is 30.8 Å². The molecule has 0 fully saturated rings. The van der Waals surface area contributed by atoms with Gasteiger partial charge in [-0.15, -0.1) is 0 Å². The van der Waals surface area contributed by atoms with Crippen molar-refractivity contribution >= 4 is 15.7 Å². The molecule has 0 saturated heterocycles. The average molecular weight is 305 g/mol. The molecule has 0 radical (unpaired) electrons. The molecule has 106 valence electrons. The zero-order chi connectivity index (χ0) is 14.6. The molecule has 0 saturated carbocycles. The van der Waals surface area contributed by atoms with Crippen LogP contribution in [0.4, 0.5) is 0 Å². The number of azo groups is 1. The molecule has 7 heteroatoms. The van der Waals surface area contributed by atoms with E-state index in [2.05, 4.69) is 15.0 Å². The van der Waals surface area contributed by atoms with Gasteiger partial charge in [0.05, 0.1) is 11.6 Å². The van der Waals surface area contributed by atoms with E-state index in [1.165, 1.54) is 0 Å². The van der Waals surface area contributed by atoms with E-state index in [9.17, 15) is 8.42 Å². The van der Waals surface area contributed by atoms with E-state index in [1.807, 2.05) is 37.3 Å². The van der Waals surface area contributed by atoms with Crippen molar-refractivity contribution in [1.82, 2.24) is 0 Å². The minimum atomic E-state index is -3.67. The first-order chi connectivity index (χ1) is 10.1. The molecular weight excluding hydrogens is 293 g/mol. The van der Waals surface area contributed by atoms with Crippen molar-refractivity contribution in [2.24, 2.45) is 16.1 Å². The molecule has 5 nitrogen and oxygen atoms in total. The van der Waals surface area contributed by atoms with Crippen LogP contribution in [0.1, 0.15) is 12.5 Å². The number of rotatable bonds is 1. The molecule has 1 aliphatic carbocycles. The second-order valence-corrected chi connectivity index (χ2v) is 6.89. The predicted molar refractivity (Wildman–Crippen MR) is 79.6 cm³/mol. The summed E-state index contributed by atoms with van der Waals surface area (Å²) in [6.45, 7) is 1.94.